The first-order valence-electron chi connectivity index (χ1n) is 18.0. The molecule has 0 bridgehead atoms. The lowest BCUT2D eigenvalue weighted by Crippen LogP contribution is -2.54. The Bertz CT molecular complexity index is 1860. The highest BCUT2D eigenvalue weighted by atomic mass is 16.3. The summed E-state index contributed by atoms with van der Waals surface area (Å²) in [5.41, 5.74) is 2.74. The zero-order valence-corrected chi connectivity index (χ0v) is 32.6. The van der Waals surface area contributed by atoms with Gasteiger partial charge in [-0.2, -0.15) is 0 Å². The second-order valence-electron chi connectivity index (χ2n) is 16.9. The van der Waals surface area contributed by atoms with Crippen molar-refractivity contribution in [3.05, 3.63) is 118 Å². The molecular formula is C42H57N3O6. The van der Waals surface area contributed by atoms with Gasteiger partial charge < -0.3 is 15.3 Å². The highest BCUT2D eigenvalue weighted by molar-refractivity contribution is 5.49. The van der Waals surface area contributed by atoms with Gasteiger partial charge in [0, 0.05) is 0 Å². The van der Waals surface area contributed by atoms with Crippen LogP contribution in [-0.4, -0.2) is 29.0 Å². The van der Waals surface area contributed by atoms with Gasteiger partial charge in [0.15, 0.2) is 0 Å². The van der Waals surface area contributed by atoms with Crippen molar-refractivity contribution in [2.24, 2.45) is 0 Å². The zero-order chi connectivity index (χ0) is 38.4. The molecule has 0 aliphatic carbocycles. The highest BCUT2D eigenvalue weighted by Gasteiger charge is 2.26. The van der Waals surface area contributed by atoms with Crippen molar-refractivity contribution in [2.45, 2.75) is 138 Å². The number of phenols is 3. The minimum absolute atomic E-state index is 0.111. The number of benzene rings is 3. The molecule has 51 heavy (non-hydrogen) atoms. The first-order valence-corrected chi connectivity index (χ1v) is 18.0. The standard InChI is InChI=1S/C42H57N3O6/c1-13-28-16-25(19-31(34(28)46)40(4,5)6)22-43-37(49)44(23-26-17-29(14-2)35(47)32(20-26)41(7,8)9)39(51)45(38(43)50)24-27-18-30(15-3)36(48)33(21-27)42(10,11)12/h16-21,46-48H,13-15,22-24H2,1-12H3. The van der Waals surface area contributed by atoms with Gasteiger partial charge in [-0.25, -0.2) is 28.1 Å². The number of phenolic OH excluding ortho intramolecular Hbond substituents is 3. The molecule has 1 heterocycles. The monoisotopic (exact) mass is 699 g/mol. The second-order valence-corrected chi connectivity index (χ2v) is 16.9. The van der Waals surface area contributed by atoms with Crippen molar-refractivity contribution in [3.63, 3.8) is 0 Å². The van der Waals surface area contributed by atoms with E-state index in [9.17, 15) is 29.7 Å². The molecule has 0 unspecified atom stereocenters. The average Bonchev–Trinajstić information content (AvgIpc) is 3.03. The van der Waals surface area contributed by atoms with E-state index in [4.69, 9.17) is 0 Å². The topological polar surface area (TPSA) is 127 Å². The van der Waals surface area contributed by atoms with E-state index in [1.165, 1.54) is 0 Å². The van der Waals surface area contributed by atoms with E-state index in [0.717, 1.165) is 13.7 Å². The summed E-state index contributed by atoms with van der Waals surface area (Å²) >= 11 is 0. The molecule has 3 N–H and O–H groups in total. The van der Waals surface area contributed by atoms with Crippen molar-refractivity contribution < 1.29 is 15.3 Å². The minimum Gasteiger partial charge on any atom is -0.507 e. The molecule has 0 saturated carbocycles. The summed E-state index contributed by atoms with van der Waals surface area (Å²) in [6.07, 6.45) is 1.65. The fraction of sp³-hybridized carbons (Fsp3) is 0.500. The third-order valence-electron chi connectivity index (χ3n) is 9.72. The molecule has 0 aliphatic heterocycles. The van der Waals surface area contributed by atoms with Crippen LogP contribution in [0.25, 0.3) is 0 Å². The SMILES string of the molecule is CCc1cc(Cn2c(=O)n(Cc3cc(CC)c(O)c(C(C)(C)C)c3)c(=O)n(Cc3cc(CC)c(O)c(C(C)(C)C)c3)c2=O)cc(C(C)(C)C)c1O. The van der Waals surface area contributed by atoms with Crippen molar-refractivity contribution in [2.75, 3.05) is 0 Å². The van der Waals surface area contributed by atoms with Crippen LogP contribution in [0.1, 0.15) is 133 Å². The lowest BCUT2D eigenvalue weighted by atomic mass is 9.83. The summed E-state index contributed by atoms with van der Waals surface area (Å²) in [7, 11) is 0. The molecule has 4 rings (SSSR count). The Labute approximate surface area is 301 Å². The van der Waals surface area contributed by atoms with Gasteiger partial charge in [-0.15, -0.1) is 0 Å². The normalized spacial score (nSPS) is 12.5. The van der Waals surface area contributed by atoms with Crippen molar-refractivity contribution >= 4 is 0 Å². The predicted molar refractivity (Wildman–Crippen MR) is 205 cm³/mol. The molecule has 0 aliphatic rings. The van der Waals surface area contributed by atoms with Crippen LogP contribution in [0.5, 0.6) is 17.2 Å². The van der Waals surface area contributed by atoms with Crippen LogP contribution < -0.4 is 17.1 Å². The molecule has 3 aromatic carbocycles. The largest absolute Gasteiger partial charge is 0.507 e. The lowest BCUT2D eigenvalue weighted by molar-refractivity contribution is 0.439. The molecular weight excluding hydrogens is 642 g/mol. The summed E-state index contributed by atoms with van der Waals surface area (Å²) < 4.78 is 3.28. The molecule has 0 atom stereocenters. The molecule has 1 aromatic heterocycles. The predicted octanol–water partition coefficient (Wildman–Crippen LogP) is 7.01. The van der Waals surface area contributed by atoms with Crippen LogP contribution in [0, 0.1) is 0 Å². The van der Waals surface area contributed by atoms with Crippen molar-refractivity contribution in [3.8, 4) is 17.2 Å². The Kier molecular flexibility index (Phi) is 11.0. The summed E-state index contributed by atoms with van der Waals surface area (Å²) in [6.45, 7) is 23.4. The number of aromatic nitrogens is 3. The van der Waals surface area contributed by atoms with Crippen molar-refractivity contribution in [1.29, 1.82) is 0 Å². The van der Waals surface area contributed by atoms with E-state index in [1.807, 2.05) is 119 Å². The average molecular weight is 700 g/mol. The summed E-state index contributed by atoms with van der Waals surface area (Å²) in [4.78, 5) is 43.0. The van der Waals surface area contributed by atoms with Gasteiger partial charge in [0.05, 0.1) is 19.6 Å². The van der Waals surface area contributed by atoms with Gasteiger partial charge in [-0.3, -0.25) is 0 Å². The van der Waals surface area contributed by atoms with E-state index >= 15 is 0 Å². The number of nitrogens with zero attached hydrogens (tertiary/aromatic N) is 3. The van der Waals surface area contributed by atoms with E-state index in [-0.39, 0.29) is 36.9 Å². The molecule has 0 amide bonds. The molecule has 4 aromatic rings. The minimum atomic E-state index is -0.747. The lowest BCUT2D eigenvalue weighted by Gasteiger charge is -2.24. The van der Waals surface area contributed by atoms with Gasteiger partial charge in [-0.05, 0) is 104 Å². The van der Waals surface area contributed by atoms with Crippen LogP contribution in [0.4, 0.5) is 0 Å². The third-order valence-corrected chi connectivity index (χ3v) is 9.72. The van der Waals surface area contributed by atoms with E-state index in [1.54, 1.807) is 0 Å². The smallest absolute Gasteiger partial charge is 0.336 e. The first-order chi connectivity index (χ1) is 23.5. The van der Waals surface area contributed by atoms with Gasteiger partial charge in [0.1, 0.15) is 17.2 Å². The van der Waals surface area contributed by atoms with E-state index in [0.29, 0.717) is 69.3 Å². The van der Waals surface area contributed by atoms with Crippen LogP contribution >= 0.6 is 0 Å². The van der Waals surface area contributed by atoms with Crippen LogP contribution in [0.2, 0.25) is 0 Å². The van der Waals surface area contributed by atoms with Crippen LogP contribution in [0.3, 0.4) is 0 Å². The fourth-order valence-corrected chi connectivity index (χ4v) is 6.72. The van der Waals surface area contributed by atoms with Crippen LogP contribution in [0.15, 0.2) is 50.8 Å². The number of hydrogen-bond acceptors (Lipinski definition) is 6. The van der Waals surface area contributed by atoms with E-state index < -0.39 is 33.3 Å². The Morgan fingerprint density at radius 3 is 0.824 bits per heavy atom. The maximum atomic E-state index is 14.3. The molecule has 0 fully saturated rings. The van der Waals surface area contributed by atoms with Gasteiger partial charge in [-0.1, -0.05) is 101 Å². The number of aromatic hydroxyl groups is 3. The maximum absolute atomic E-state index is 14.3. The molecule has 0 spiro atoms. The Morgan fingerprint density at radius 2 is 0.647 bits per heavy atom. The zero-order valence-electron chi connectivity index (χ0n) is 32.6. The summed E-state index contributed by atoms with van der Waals surface area (Å²) in [5, 5.41) is 33.1. The Morgan fingerprint density at radius 1 is 0.431 bits per heavy atom. The van der Waals surface area contributed by atoms with Gasteiger partial charge in [0.25, 0.3) is 0 Å². The van der Waals surface area contributed by atoms with Crippen molar-refractivity contribution in [1.82, 2.24) is 13.7 Å². The first kappa shape index (κ1) is 39.3. The fourth-order valence-electron chi connectivity index (χ4n) is 6.72. The molecule has 0 saturated heterocycles. The Hall–Kier alpha value is -4.53. The number of aryl methyl sites for hydroxylation is 3. The maximum Gasteiger partial charge on any atom is 0.336 e. The molecule has 9 heteroatoms. The summed E-state index contributed by atoms with van der Waals surface area (Å²) in [6, 6.07) is 10.9. The van der Waals surface area contributed by atoms with Gasteiger partial charge in [0.2, 0.25) is 0 Å². The number of hydrogen-bond donors (Lipinski definition) is 3. The van der Waals surface area contributed by atoms with E-state index in [2.05, 4.69) is 0 Å². The van der Waals surface area contributed by atoms with Crippen LogP contribution in [-0.2, 0) is 55.1 Å². The molecule has 9 nitrogen and oxygen atoms in total. The quantitative estimate of drug-likeness (QED) is 0.173. The van der Waals surface area contributed by atoms with Gasteiger partial charge >= 0.3 is 17.1 Å². The second kappa shape index (κ2) is 14.2. The molecule has 276 valence electrons. The Balaban J connectivity index is 2.03. The third kappa shape index (κ3) is 8.03. The number of rotatable bonds is 9. The summed E-state index contributed by atoms with van der Waals surface area (Å²) in [5.74, 6) is 0.600. The molecule has 0 radical (unpaired) electrons. The highest BCUT2D eigenvalue weighted by Crippen LogP contribution is 2.37.